The maximum Gasteiger partial charge on any atom is 0.309 e. The maximum absolute atomic E-state index is 12.0. The molecule has 0 spiro atoms. The highest BCUT2D eigenvalue weighted by molar-refractivity contribution is 5.70. The van der Waals surface area contributed by atoms with Gasteiger partial charge in [-0.1, -0.05) is 458 Å². The Morgan fingerprint density at radius 2 is 0.562 bits per heavy atom. The first-order valence-corrected chi connectivity index (χ1v) is 42.3. The number of aliphatic hydroxyl groups excluding tert-OH is 1. The molecule has 0 radical (unpaired) electrons. The van der Waals surface area contributed by atoms with Crippen molar-refractivity contribution in [3.05, 3.63) is 0 Å². The fourth-order valence-electron chi connectivity index (χ4n) is 15.6. The highest BCUT2D eigenvalue weighted by atomic mass is 16.5. The standard InChI is InChI=1S/C85H168O4/c1-6-8-10-12-14-16-18-20-22-24-25-26-27-31-38-44-50-56-62-68-74-81(85(87)88)83(86)75-69-63-57-51-45-39-32-28-30-37-43-49-55-61-67-73-80-77-82(80)78(3)71-65-59-53-47-41-35-33-34-40-46-52-58-64-70-76-84(89-5)79(4)72-66-60-54-48-42-36-29-23-21-19-17-15-13-11-9-7-2/h78-84,86H,6-77H2,1-5H3,(H,87,88)/t78?,79-,80?,81+,82?,83+,84-/m0/s1. The first kappa shape index (κ1) is 86.4. The summed E-state index contributed by atoms with van der Waals surface area (Å²) in [6, 6.07) is 0. The van der Waals surface area contributed by atoms with Gasteiger partial charge >= 0.3 is 5.97 Å². The Kier molecular flexibility index (Phi) is 68.1. The molecule has 3 unspecified atom stereocenters. The number of carboxylic acids is 1. The Bertz CT molecular complexity index is 1350. The first-order valence-electron chi connectivity index (χ1n) is 42.3. The van der Waals surface area contributed by atoms with Crippen LogP contribution in [0.3, 0.4) is 0 Å². The van der Waals surface area contributed by atoms with E-state index in [1.807, 2.05) is 7.11 Å². The van der Waals surface area contributed by atoms with E-state index in [2.05, 4.69) is 27.7 Å². The van der Waals surface area contributed by atoms with Crippen LogP contribution in [-0.4, -0.2) is 35.5 Å². The minimum Gasteiger partial charge on any atom is -0.481 e. The van der Waals surface area contributed by atoms with Gasteiger partial charge in [0.2, 0.25) is 0 Å². The van der Waals surface area contributed by atoms with Gasteiger partial charge in [-0.15, -0.1) is 0 Å². The Morgan fingerprint density at radius 1 is 0.326 bits per heavy atom. The summed E-state index contributed by atoms with van der Waals surface area (Å²) in [6.45, 7) is 9.63. The summed E-state index contributed by atoms with van der Waals surface area (Å²) in [7, 11) is 1.96. The van der Waals surface area contributed by atoms with Crippen LogP contribution in [0.2, 0.25) is 0 Å². The molecule has 1 aliphatic rings. The van der Waals surface area contributed by atoms with Crippen LogP contribution in [0.15, 0.2) is 0 Å². The molecule has 4 heteroatoms. The number of hydrogen-bond donors (Lipinski definition) is 2. The van der Waals surface area contributed by atoms with Crippen molar-refractivity contribution < 1.29 is 19.7 Å². The number of carbonyl (C=O) groups is 1. The number of hydrogen-bond acceptors (Lipinski definition) is 3. The Morgan fingerprint density at radius 3 is 0.843 bits per heavy atom. The molecular formula is C85H168O4. The summed E-state index contributed by atoms with van der Waals surface area (Å²) in [5.41, 5.74) is 0. The normalized spacial score (nSPS) is 15.9. The molecule has 0 heterocycles. The van der Waals surface area contributed by atoms with E-state index in [1.165, 1.54) is 424 Å². The third-order valence-corrected chi connectivity index (χ3v) is 22.3. The Hall–Kier alpha value is -0.610. The lowest BCUT2D eigenvalue weighted by molar-refractivity contribution is -0.146. The zero-order chi connectivity index (χ0) is 64.2. The molecule has 0 aliphatic heterocycles. The van der Waals surface area contributed by atoms with Crippen molar-refractivity contribution >= 4 is 5.97 Å². The molecule has 1 fully saturated rings. The zero-order valence-electron chi connectivity index (χ0n) is 62.2. The van der Waals surface area contributed by atoms with Crippen LogP contribution < -0.4 is 0 Å². The van der Waals surface area contributed by atoms with Crippen LogP contribution in [0.4, 0.5) is 0 Å². The lowest BCUT2D eigenvalue weighted by Crippen LogP contribution is -2.28. The van der Waals surface area contributed by atoms with Crippen molar-refractivity contribution in [3.8, 4) is 0 Å². The Balaban J connectivity index is 1.79. The number of aliphatic carboxylic acids is 1. The van der Waals surface area contributed by atoms with E-state index in [1.54, 1.807) is 0 Å². The number of ether oxygens (including phenoxy) is 1. The average Bonchev–Trinajstić information content (AvgIpc) is 4.48. The summed E-state index contributed by atoms with van der Waals surface area (Å²) >= 11 is 0. The molecule has 0 saturated heterocycles. The quantitative estimate of drug-likeness (QED) is 0.0596. The predicted molar refractivity (Wildman–Crippen MR) is 397 cm³/mol. The second kappa shape index (κ2) is 70.2. The average molecular weight is 1250 g/mol. The topological polar surface area (TPSA) is 66.8 Å². The molecule has 2 N–H and O–H groups in total. The summed E-state index contributed by atoms with van der Waals surface area (Å²) in [4.78, 5) is 12.0. The highest BCUT2D eigenvalue weighted by Gasteiger charge is 2.39. The molecule has 0 aromatic rings. The fourth-order valence-corrected chi connectivity index (χ4v) is 15.6. The molecule has 1 saturated carbocycles. The van der Waals surface area contributed by atoms with Crippen molar-refractivity contribution in [2.75, 3.05) is 7.11 Å². The second-order valence-electron chi connectivity index (χ2n) is 30.9. The van der Waals surface area contributed by atoms with Crippen LogP contribution in [0.1, 0.15) is 490 Å². The predicted octanol–water partition coefficient (Wildman–Crippen LogP) is 29.7. The van der Waals surface area contributed by atoms with E-state index >= 15 is 0 Å². The van der Waals surface area contributed by atoms with Crippen molar-refractivity contribution in [1.29, 1.82) is 0 Å². The van der Waals surface area contributed by atoms with Gasteiger partial charge in [-0.05, 0) is 55.8 Å². The van der Waals surface area contributed by atoms with Gasteiger partial charge in [-0.25, -0.2) is 0 Å². The minimum absolute atomic E-state index is 0.470. The van der Waals surface area contributed by atoms with Crippen LogP contribution >= 0.6 is 0 Å². The number of aliphatic hydroxyl groups is 1. The SMILES string of the molecule is CCCCCCCCCCCCCCCCCCCCCC[C@@H](C(=O)O)[C@H](O)CCCCCCCCCCCCCCCCCC1CC1C(C)CCCCCCCCCCCCCCCC[C@H](OC)[C@@H](C)CCCCCCCCCCCCCCCCCC. The summed E-state index contributed by atoms with van der Waals surface area (Å²) in [6.07, 6.45) is 99.0. The van der Waals surface area contributed by atoms with E-state index < -0.39 is 18.0 Å². The van der Waals surface area contributed by atoms with Crippen LogP contribution in [0.5, 0.6) is 0 Å². The van der Waals surface area contributed by atoms with Crippen LogP contribution in [0, 0.1) is 29.6 Å². The van der Waals surface area contributed by atoms with E-state index in [4.69, 9.17) is 4.74 Å². The van der Waals surface area contributed by atoms with Crippen molar-refractivity contribution in [3.63, 3.8) is 0 Å². The summed E-state index contributed by atoms with van der Waals surface area (Å²) in [5.74, 6) is 2.41. The number of rotatable bonds is 78. The van der Waals surface area contributed by atoms with Gasteiger partial charge in [0.25, 0.3) is 0 Å². The van der Waals surface area contributed by atoms with Gasteiger partial charge in [0.05, 0.1) is 18.1 Å². The molecular weight excluding hydrogens is 1080 g/mol. The molecule has 4 nitrogen and oxygen atoms in total. The zero-order valence-corrected chi connectivity index (χ0v) is 62.2. The largest absolute Gasteiger partial charge is 0.481 e. The number of unbranched alkanes of at least 4 members (excludes halogenated alkanes) is 61. The van der Waals surface area contributed by atoms with Gasteiger partial charge < -0.3 is 14.9 Å². The van der Waals surface area contributed by atoms with Crippen LogP contribution in [-0.2, 0) is 9.53 Å². The fraction of sp³-hybridized carbons (Fsp3) is 0.988. The smallest absolute Gasteiger partial charge is 0.309 e. The molecule has 0 aromatic heterocycles. The molecule has 1 aliphatic carbocycles. The van der Waals surface area contributed by atoms with E-state index in [-0.39, 0.29) is 0 Å². The molecule has 532 valence electrons. The van der Waals surface area contributed by atoms with Crippen molar-refractivity contribution in [1.82, 2.24) is 0 Å². The van der Waals surface area contributed by atoms with Gasteiger partial charge in [-0.2, -0.15) is 0 Å². The maximum atomic E-state index is 12.0. The molecule has 7 atom stereocenters. The van der Waals surface area contributed by atoms with Gasteiger partial charge in [0, 0.05) is 7.11 Å². The van der Waals surface area contributed by atoms with E-state index in [0.717, 1.165) is 43.4 Å². The van der Waals surface area contributed by atoms with Crippen molar-refractivity contribution in [2.45, 2.75) is 502 Å². The molecule has 89 heavy (non-hydrogen) atoms. The third kappa shape index (κ3) is 60.8. The molecule has 0 amide bonds. The van der Waals surface area contributed by atoms with Crippen LogP contribution in [0.25, 0.3) is 0 Å². The third-order valence-electron chi connectivity index (χ3n) is 22.3. The highest BCUT2D eigenvalue weighted by Crippen LogP contribution is 2.49. The first-order chi connectivity index (χ1) is 43.8. The monoisotopic (exact) mass is 1250 g/mol. The van der Waals surface area contributed by atoms with Gasteiger partial charge in [0.15, 0.2) is 0 Å². The minimum atomic E-state index is -0.798. The van der Waals surface area contributed by atoms with E-state index in [9.17, 15) is 15.0 Å². The molecule has 0 aromatic carbocycles. The lowest BCUT2D eigenvalue weighted by atomic mass is 9.91. The summed E-state index contributed by atoms with van der Waals surface area (Å²) in [5, 5.41) is 20.6. The Labute approximate surface area is 561 Å². The second-order valence-corrected chi connectivity index (χ2v) is 30.9. The number of carboxylic acid groups (broad SMARTS) is 1. The number of methoxy groups -OCH3 is 1. The van der Waals surface area contributed by atoms with Gasteiger partial charge in [0.1, 0.15) is 0 Å². The molecule has 1 rings (SSSR count). The lowest BCUT2D eigenvalue weighted by Gasteiger charge is -2.22. The van der Waals surface area contributed by atoms with E-state index in [0.29, 0.717) is 24.9 Å². The van der Waals surface area contributed by atoms with Gasteiger partial charge in [-0.3, -0.25) is 4.79 Å². The molecule has 0 bridgehead atoms. The summed E-state index contributed by atoms with van der Waals surface area (Å²) < 4.78 is 5.99. The van der Waals surface area contributed by atoms with Crippen molar-refractivity contribution in [2.24, 2.45) is 29.6 Å².